The van der Waals surface area contributed by atoms with Gasteiger partial charge in [0.25, 0.3) is 5.91 Å². The second kappa shape index (κ2) is 6.60. The molecule has 0 spiro atoms. The summed E-state index contributed by atoms with van der Waals surface area (Å²) in [6.45, 7) is 13.5. The quantitative estimate of drug-likeness (QED) is 0.867. The number of piperazine rings is 1. The van der Waals surface area contributed by atoms with E-state index in [0.717, 1.165) is 56.1 Å². The van der Waals surface area contributed by atoms with Crippen molar-refractivity contribution in [2.45, 2.75) is 34.1 Å². The lowest BCUT2D eigenvalue weighted by Gasteiger charge is -2.31. The van der Waals surface area contributed by atoms with Crippen LogP contribution in [-0.2, 0) is 13.5 Å². The zero-order valence-electron chi connectivity index (χ0n) is 14.1. The highest BCUT2D eigenvalue weighted by Gasteiger charge is 2.28. The Morgan fingerprint density at radius 1 is 1.33 bits per heavy atom. The van der Waals surface area contributed by atoms with Gasteiger partial charge >= 0.3 is 0 Å². The summed E-state index contributed by atoms with van der Waals surface area (Å²) in [6.07, 6.45) is 0.864. The number of aryl methyl sites for hydroxylation is 1. The normalized spacial score (nSPS) is 16.8. The molecule has 1 amide bonds. The molecule has 2 heterocycles. The van der Waals surface area contributed by atoms with Gasteiger partial charge in [-0.3, -0.25) is 9.48 Å². The Morgan fingerprint density at radius 3 is 2.48 bits per heavy atom. The van der Waals surface area contributed by atoms with Crippen molar-refractivity contribution in [2.24, 2.45) is 13.0 Å². The number of hydrogen-bond donors (Lipinski definition) is 1. The van der Waals surface area contributed by atoms with Crippen LogP contribution >= 0.6 is 0 Å². The molecule has 0 aromatic carbocycles. The average Bonchev–Trinajstić information content (AvgIpc) is 2.72. The highest BCUT2D eigenvalue weighted by Crippen LogP contribution is 2.19. The van der Waals surface area contributed by atoms with E-state index in [9.17, 15) is 4.79 Å². The molecule has 1 aliphatic rings. The van der Waals surface area contributed by atoms with Crippen molar-refractivity contribution in [3.63, 3.8) is 0 Å². The summed E-state index contributed by atoms with van der Waals surface area (Å²) in [6, 6.07) is 0. The van der Waals surface area contributed by atoms with Gasteiger partial charge in [0.05, 0.1) is 44.0 Å². The minimum absolute atomic E-state index is 0.173. The van der Waals surface area contributed by atoms with Gasteiger partial charge in [-0.25, -0.2) is 0 Å². The molecule has 0 saturated carbocycles. The van der Waals surface area contributed by atoms with E-state index in [0.29, 0.717) is 5.92 Å². The Hall–Kier alpha value is -1.36. The first-order valence-electron chi connectivity index (χ1n) is 8.09. The Balaban J connectivity index is 2.19. The molecule has 0 bridgehead atoms. The van der Waals surface area contributed by atoms with Gasteiger partial charge in [-0.05, 0) is 26.2 Å². The largest absolute Gasteiger partial charge is 0.332 e. The van der Waals surface area contributed by atoms with E-state index < -0.39 is 0 Å². The maximum Gasteiger partial charge on any atom is 0.258 e. The van der Waals surface area contributed by atoms with Crippen LogP contribution in [0.4, 0.5) is 0 Å². The smallest absolute Gasteiger partial charge is 0.258 e. The number of nitrogens with one attached hydrogen (secondary N) is 1. The van der Waals surface area contributed by atoms with E-state index in [-0.39, 0.29) is 5.91 Å². The lowest BCUT2D eigenvalue weighted by molar-refractivity contribution is -0.902. The topological polar surface area (TPSA) is 42.6 Å². The molecule has 0 aliphatic carbocycles. The maximum atomic E-state index is 12.9. The van der Waals surface area contributed by atoms with Gasteiger partial charge < -0.3 is 9.80 Å². The first-order chi connectivity index (χ1) is 9.93. The summed E-state index contributed by atoms with van der Waals surface area (Å²) < 4.78 is 1.85. The van der Waals surface area contributed by atoms with Gasteiger partial charge in [0.2, 0.25) is 0 Å². The number of likely N-dealkylation sites (N-methyl/N-ethyl adjacent to an activating group) is 1. The van der Waals surface area contributed by atoms with Crippen LogP contribution in [-0.4, -0.2) is 53.3 Å². The van der Waals surface area contributed by atoms with Crippen LogP contribution < -0.4 is 4.90 Å². The standard InChI is InChI=1S/C16H28N4O/c1-6-19-7-9-20(10-8-19)16(21)15-13(4)18(5)17-14(15)11-12(2)3/h12H,6-11H2,1-5H3/p+1. The molecule has 2 rings (SSSR count). The number of nitrogens with zero attached hydrogens (tertiary/aromatic N) is 3. The summed E-state index contributed by atoms with van der Waals surface area (Å²) in [4.78, 5) is 16.5. The Bertz CT molecular complexity index is 499. The summed E-state index contributed by atoms with van der Waals surface area (Å²) in [5.41, 5.74) is 2.78. The summed E-state index contributed by atoms with van der Waals surface area (Å²) in [7, 11) is 1.93. The van der Waals surface area contributed by atoms with Crippen LogP contribution in [0.3, 0.4) is 0 Å². The van der Waals surface area contributed by atoms with Crippen LogP contribution in [0, 0.1) is 12.8 Å². The van der Waals surface area contributed by atoms with E-state index >= 15 is 0 Å². The predicted molar refractivity (Wildman–Crippen MR) is 83.6 cm³/mol. The molecule has 5 nitrogen and oxygen atoms in total. The average molecular weight is 293 g/mol. The molecular weight excluding hydrogens is 264 g/mol. The Labute approximate surface area is 127 Å². The molecular formula is C16H29N4O+. The summed E-state index contributed by atoms with van der Waals surface area (Å²) in [5.74, 6) is 0.679. The van der Waals surface area contributed by atoms with Crippen molar-refractivity contribution in [1.29, 1.82) is 0 Å². The lowest BCUT2D eigenvalue weighted by atomic mass is 10.0. The van der Waals surface area contributed by atoms with E-state index in [2.05, 4.69) is 25.9 Å². The SMILES string of the molecule is CC[NH+]1CCN(C(=O)c2c(CC(C)C)nn(C)c2C)CC1. The summed E-state index contributed by atoms with van der Waals surface area (Å²) >= 11 is 0. The molecule has 1 saturated heterocycles. The second-order valence-electron chi connectivity index (χ2n) is 6.52. The third kappa shape index (κ3) is 3.46. The molecule has 1 aromatic heterocycles. The van der Waals surface area contributed by atoms with Crippen molar-refractivity contribution in [1.82, 2.24) is 14.7 Å². The van der Waals surface area contributed by atoms with E-state index in [1.807, 2.05) is 23.6 Å². The third-order valence-corrected chi connectivity index (χ3v) is 4.48. The van der Waals surface area contributed by atoms with Gasteiger partial charge in [0.15, 0.2) is 0 Å². The van der Waals surface area contributed by atoms with Crippen LogP contribution in [0.1, 0.15) is 42.5 Å². The fourth-order valence-electron chi connectivity index (χ4n) is 3.02. The molecule has 1 aromatic rings. The van der Waals surface area contributed by atoms with Crippen molar-refractivity contribution < 1.29 is 9.69 Å². The van der Waals surface area contributed by atoms with E-state index in [1.54, 1.807) is 4.90 Å². The molecule has 1 N–H and O–H groups in total. The van der Waals surface area contributed by atoms with Crippen molar-refractivity contribution in [3.8, 4) is 0 Å². The number of rotatable bonds is 4. The fraction of sp³-hybridized carbons (Fsp3) is 0.750. The van der Waals surface area contributed by atoms with Crippen LogP contribution in [0.5, 0.6) is 0 Å². The highest BCUT2D eigenvalue weighted by molar-refractivity contribution is 5.96. The third-order valence-electron chi connectivity index (χ3n) is 4.48. The molecule has 1 fully saturated rings. The highest BCUT2D eigenvalue weighted by atomic mass is 16.2. The first-order valence-corrected chi connectivity index (χ1v) is 8.09. The van der Waals surface area contributed by atoms with Gasteiger partial charge in [-0.1, -0.05) is 13.8 Å². The number of hydrogen-bond acceptors (Lipinski definition) is 2. The Morgan fingerprint density at radius 2 is 1.95 bits per heavy atom. The van der Waals surface area contributed by atoms with Gasteiger partial charge in [0.1, 0.15) is 0 Å². The van der Waals surface area contributed by atoms with Crippen LogP contribution in [0.25, 0.3) is 0 Å². The predicted octanol–water partition coefficient (Wildman–Crippen LogP) is 0.288. The maximum absolute atomic E-state index is 12.9. The fourth-order valence-corrected chi connectivity index (χ4v) is 3.02. The number of aromatic nitrogens is 2. The van der Waals surface area contributed by atoms with Crippen molar-refractivity contribution >= 4 is 5.91 Å². The number of carbonyl (C=O) groups excluding carboxylic acids is 1. The molecule has 1 aliphatic heterocycles. The Kier molecular flexibility index (Phi) is 5.04. The zero-order valence-corrected chi connectivity index (χ0v) is 14.1. The summed E-state index contributed by atoms with van der Waals surface area (Å²) in [5, 5.41) is 4.56. The monoisotopic (exact) mass is 293 g/mol. The minimum Gasteiger partial charge on any atom is -0.332 e. The van der Waals surface area contributed by atoms with Crippen LogP contribution in [0.2, 0.25) is 0 Å². The second-order valence-corrected chi connectivity index (χ2v) is 6.52. The molecule has 21 heavy (non-hydrogen) atoms. The molecule has 118 valence electrons. The van der Waals surface area contributed by atoms with Gasteiger partial charge in [0, 0.05) is 12.7 Å². The van der Waals surface area contributed by atoms with E-state index in [1.165, 1.54) is 0 Å². The number of quaternary nitrogens is 1. The van der Waals surface area contributed by atoms with Gasteiger partial charge in [-0.15, -0.1) is 0 Å². The number of carbonyl (C=O) groups is 1. The van der Waals surface area contributed by atoms with Crippen molar-refractivity contribution in [3.05, 3.63) is 17.0 Å². The lowest BCUT2D eigenvalue weighted by Crippen LogP contribution is -3.14. The molecule has 5 heteroatoms. The number of amides is 1. The zero-order chi connectivity index (χ0) is 15.6. The molecule has 0 unspecified atom stereocenters. The first kappa shape index (κ1) is 16.0. The molecule has 0 atom stereocenters. The van der Waals surface area contributed by atoms with E-state index in [4.69, 9.17) is 0 Å². The minimum atomic E-state index is 0.173. The van der Waals surface area contributed by atoms with Gasteiger partial charge in [-0.2, -0.15) is 5.10 Å². The van der Waals surface area contributed by atoms with Crippen molar-refractivity contribution in [2.75, 3.05) is 32.7 Å². The molecule has 0 radical (unpaired) electrons. The van der Waals surface area contributed by atoms with Crippen LogP contribution in [0.15, 0.2) is 0 Å².